The van der Waals surface area contributed by atoms with Crippen molar-refractivity contribution in [1.82, 2.24) is 4.31 Å². The van der Waals surface area contributed by atoms with Gasteiger partial charge in [-0.15, -0.1) is 0 Å². The molecule has 0 aliphatic carbocycles. The van der Waals surface area contributed by atoms with Gasteiger partial charge in [-0.1, -0.05) is 13.8 Å². The molecule has 0 atom stereocenters. The average Bonchev–Trinajstić information content (AvgIpc) is 2.47. The topological polar surface area (TPSA) is 63.4 Å². The molecule has 4 nitrogen and oxygen atoms in total. The van der Waals surface area contributed by atoms with E-state index in [1.54, 1.807) is 0 Å². The van der Waals surface area contributed by atoms with Crippen molar-refractivity contribution in [3.8, 4) is 0 Å². The molecule has 0 saturated carbocycles. The maximum absolute atomic E-state index is 13.5. The Morgan fingerprint density at radius 2 is 1.95 bits per heavy atom. The highest BCUT2D eigenvalue weighted by atomic mass is 32.2. The molecule has 118 valence electrons. The molecule has 1 saturated heterocycles. The van der Waals surface area contributed by atoms with Crippen LogP contribution in [0.5, 0.6) is 0 Å². The van der Waals surface area contributed by atoms with E-state index < -0.39 is 15.8 Å². The summed E-state index contributed by atoms with van der Waals surface area (Å²) >= 11 is 0. The molecule has 0 aromatic heterocycles. The summed E-state index contributed by atoms with van der Waals surface area (Å²) in [4.78, 5) is 0.132. The van der Waals surface area contributed by atoms with Crippen molar-refractivity contribution < 1.29 is 12.8 Å². The maximum Gasteiger partial charge on any atom is 0.243 e. The fraction of sp³-hybridized carbons (Fsp3) is 0.600. The van der Waals surface area contributed by atoms with Crippen molar-refractivity contribution in [2.75, 3.05) is 13.1 Å². The Labute approximate surface area is 126 Å². The average molecular weight is 314 g/mol. The molecule has 1 aromatic carbocycles. The van der Waals surface area contributed by atoms with Gasteiger partial charge in [0.1, 0.15) is 5.82 Å². The quantitative estimate of drug-likeness (QED) is 0.928. The molecule has 1 aliphatic rings. The number of benzene rings is 1. The second kappa shape index (κ2) is 6.42. The third kappa shape index (κ3) is 3.44. The van der Waals surface area contributed by atoms with Crippen LogP contribution in [0.25, 0.3) is 0 Å². The first-order chi connectivity index (χ1) is 9.86. The molecule has 0 amide bonds. The van der Waals surface area contributed by atoms with Gasteiger partial charge < -0.3 is 5.73 Å². The second-order valence-corrected chi connectivity index (χ2v) is 7.88. The zero-order valence-corrected chi connectivity index (χ0v) is 13.4. The van der Waals surface area contributed by atoms with Crippen LogP contribution in [0.15, 0.2) is 23.1 Å². The van der Waals surface area contributed by atoms with Gasteiger partial charge in [0.25, 0.3) is 0 Å². The smallest absolute Gasteiger partial charge is 0.243 e. The highest BCUT2D eigenvalue weighted by Gasteiger charge is 2.30. The van der Waals surface area contributed by atoms with Crippen molar-refractivity contribution in [1.29, 1.82) is 0 Å². The first-order valence-electron chi connectivity index (χ1n) is 7.35. The Morgan fingerprint density at radius 1 is 1.33 bits per heavy atom. The van der Waals surface area contributed by atoms with Gasteiger partial charge in [-0.25, -0.2) is 12.8 Å². The Kier molecular flexibility index (Phi) is 5.01. The molecule has 1 fully saturated rings. The minimum absolute atomic E-state index is 0.00931. The third-order valence-electron chi connectivity index (χ3n) is 4.32. The number of hydrogen-bond donors (Lipinski definition) is 1. The van der Waals surface area contributed by atoms with Crippen molar-refractivity contribution in [2.45, 2.75) is 38.1 Å². The first-order valence-corrected chi connectivity index (χ1v) is 8.79. The SMILES string of the molecule is CC(C)C1CCN(S(=O)(=O)c2ccc(F)c(CN)c2)CC1. The summed E-state index contributed by atoms with van der Waals surface area (Å²) in [7, 11) is -3.55. The number of halogens is 1. The number of hydrogen-bond acceptors (Lipinski definition) is 3. The molecule has 21 heavy (non-hydrogen) atoms. The Bertz CT molecular complexity index is 594. The van der Waals surface area contributed by atoms with Crippen molar-refractivity contribution in [3.63, 3.8) is 0 Å². The van der Waals surface area contributed by atoms with Crippen LogP contribution in [0.3, 0.4) is 0 Å². The molecule has 2 N–H and O–H groups in total. The lowest BCUT2D eigenvalue weighted by molar-refractivity contribution is 0.226. The molecule has 2 rings (SSSR count). The molecular weight excluding hydrogens is 291 g/mol. The van der Waals surface area contributed by atoms with E-state index in [4.69, 9.17) is 5.73 Å². The number of rotatable bonds is 4. The summed E-state index contributed by atoms with van der Waals surface area (Å²) < 4.78 is 40.2. The molecule has 6 heteroatoms. The zero-order chi connectivity index (χ0) is 15.6. The van der Waals surface area contributed by atoms with Crippen LogP contribution in [0.2, 0.25) is 0 Å². The standard InChI is InChI=1S/C15H23FN2O2S/c1-11(2)12-5-7-18(8-6-12)21(19,20)14-3-4-15(16)13(9-14)10-17/h3-4,9,11-12H,5-8,10,17H2,1-2H3. The van der Waals surface area contributed by atoms with E-state index in [2.05, 4.69) is 13.8 Å². The molecule has 0 radical (unpaired) electrons. The van der Waals surface area contributed by atoms with Crippen LogP contribution in [-0.2, 0) is 16.6 Å². The fourth-order valence-corrected chi connectivity index (χ4v) is 4.32. The van der Waals surface area contributed by atoms with Crippen molar-refractivity contribution in [2.24, 2.45) is 17.6 Å². The van der Waals surface area contributed by atoms with Crippen LogP contribution < -0.4 is 5.73 Å². The number of piperidine rings is 1. The third-order valence-corrected chi connectivity index (χ3v) is 6.21. The summed E-state index contributed by atoms with van der Waals surface area (Å²) in [6, 6.07) is 3.84. The van der Waals surface area contributed by atoms with E-state index in [1.165, 1.54) is 22.5 Å². The van der Waals surface area contributed by atoms with E-state index in [0.29, 0.717) is 24.9 Å². The van der Waals surface area contributed by atoms with Gasteiger partial charge in [-0.05, 0) is 42.9 Å². The molecule has 0 unspecified atom stereocenters. The molecule has 0 spiro atoms. The lowest BCUT2D eigenvalue weighted by atomic mass is 9.87. The first kappa shape index (κ1) is 16.4. The number of nitrogens with zero attached hydrogens (tertiary/aromatic N) is 1. The van der Waals surface area contributed by atoms with Crippen LogP contribution in [0, 0.1) is 17.7 Å². The van der Waals surface area contributed by atoms with Gasteiger partial charge in [-0.2, -0.15) is 4.31 Å². The van der Waals surface area contributed by atoms with E-state index >= 15 is 0 Å². The number of sulfonamides is 1. The minimum Gasteiger partial charge on any atom is -0.326 e. The highest BCUT2D eigenvalue weighted by Crippen LogP contribution is 2.28. The summed E-state index contributed by atoms with van der Waals surface area (Å²) in [5.74, 6) is 0.684. The maximum atomic E-state index is 13.5. The van der Waals surface area contributed by atoms with Gasteiger partial charge in [0.05, 0.1) is 4.90 Å². The van der Waals surface area contributed by atoms with Gasteiger partial charge in [0.15, 0.2) is 0 Å². The summed E-state index contributed by atoms with van der Waals surface area (Å²) in [5.41, 5.74) is 5.67. The zero-order valence-electron chi connectivity index (χ0n) is 12.5. The monoisotopic (exact) mass is 314 g/mol. The predicted octanol–water partition coefficient (Wildman–Crippen LogP) is 2.34. The molecule has 1 aromatic rings. The Hall–Kier alpha value is -0.980. The van der Waals surface area contributed by atoms with Crippen molar-refractivity contribution >= 4 is 10.0 Å². The van der Waals surface area contributed by atoms with Crippen LogP contribution in [0.4, 0.5) is 4.39 Å². The van der Waals surface area contributed by atoms with E-state index in [1.807, 2.05) is 0 Å². The van der Waals surface area contributed by atoms with Crippen molar-refractivity contribution in [3.05, 3.63) is 29.6 Å². The Balaban J connectivity index is 2.19. The predicted molar refractivity (Wildman–Crippen MR) is 80.6 cm³/mol. The second-order valence-electron chi connectivity index (χ2n) is 5.94. The van der Waals surface area contributed by atoms with E-state index in [9.17, 15) is 12.8 Å². The van der Waals surface area contributed by atoms with Gasteiger partial charge in [0, 0.05) is 25.2 Å². The lowest BCUT2D eigenvalue weighted by Crippen LogP contribution is -2.39. The molecule has 1 heterocycles. The minimum atomic E-state index is -3.55. The van der Waals surface area contributed by atoms with Crippen LogP contribution in [0.1, 0.15) is 32.3 Å². The molecule has 1 aliphatic heterocycles. The Morgan fingerprint density at radius 3 is 2.48 bits per heavy atom. The molecular formula is C15H23FN2O2S. The number of nitrogens with two attached hydrogens (primary N) is 1. The van der Waals surface area contributed by atoms with Gasteiger partial charge in [0.2, 0.25) is 10.0 Å². The summed E-state index contributed by atoms with van der Waals surface area (Å²) in [5, 5.41) is 0. The van der Waals surface area contributed by atoms with E-state index in [0.717, 1.165) is 12.8 Å². The fourth-order valence-electron chi connectivity index (χ4n) is 2.80. The van der Waals surface area contributed by atoms with Crippen LogP contribution in [-0.4, -0.2) is 25.8 Å². The lowest BCUT2D eigenvalue weighted by Gasteiger charge is -2.33. The summed E-state index contributed by atoms with van der Waals surface area (Å²) in [6.07, 6.45) is 1.75. The van der Waals surface area contributed by atoms with Gasteiger partial charge in [-0.3, -0.25) is 0 Å². The normalized spacial score (nSPS) is 18.3. The van der Waals surface area contributed by atoms with Gasteiger partial charge >= 0.3 is 0 Å². The summed E-state index contributed by atoms with van der Waals surface area (Å²) in [6.45, 7) is 5.39. The largest absolute Gasteiger partial charge is 0.326 e. The highest BCUT2D eigenvalue weighted by molar-refractivity contribution is 7.89. The van der Waals surface area contributed by atoms with E-state index in [-0.39, 0.29) is 17.0 Å². The van der Waals surface area contributed by atoms with Crippen LogP contribution >= 0.6 is 0 Å². The molecule has 0 bridgehead atoms.